The zero-order chi connectivity index (χ0) is 14.5. The van der Waals surface area contributed by atoms with Crippen LogP contribution >= 0.6 is 0 Å². The molecule has 0 amide bonds. The molecule has 2 fully saturated rings. The molecule has 1 saturated carbocycles. The number of hydrogen-bond donors (Lipinski definition) is 2. The van der Waals surface area contributed by atoms with E-state index in [4.69, 9.17) is 4.74 Å². The van der Waals surface area contributed by atoms with Gasteiger partial charge in [-0.15, -0.1) is 0 Å². The Bertz CT molecular complexity index is 284. The lowest BCUT2D eigenvalue weighted by Crippen LogP contribution is -2.49. The molecule has 1 aliphatic heterocycles. The lowest BCUT2D eigenvalue weighted by atomic mass is 9.79. The van der Waals surface area contributed by atoms with Crippen molar-refractivity contribution >= 4 is 0 Å². The minimum absolute atomic E-state index is 0.317. The van der Waals surface area contributed by atoms with Crippen molar-refractivity contribution in [3.63, 3.8) is 0 Å². The summed E-state index contributed by atoms with van der Waals surface area (Å²) in [5.74, 6) is 0. The molecule has 2 N–H and O–H groups in total. The summed E-state index contributed by atoms with van der Waals surface area (Å²) in [6.45, 7) is 7.89. The zero-order valence-electron chi connectivity index (χ0n) is 13.3. The molecule has 0 atom stereocenters. The minimum atomic E-state index is -0.431. The van der Waals surface area contributed by atoms with Crippen LogP contribution in [0.2, 0.25) is 0 Å². The largest absolute Gasteiger partial charge is 0.389 e. The molecule has 0 aromatic carbocycles. The van der Waals surface area contributed by atoms with E-state index in [1.807, 2.05) is 0 Å². The third kappa shape index (κ3) is 4.42. The number of ether oxygens (including phenoxy) is 1. The Morgan fingerprint density at radius 2 is 1.75 bits per heavy atom. The van der Waals surface area contributed by atoms with Gasteiger partial charge in [0.25, 0.3) is 0 Å². The molecule has 1 saturated heterocycles. The fourth-order valence-corrected chi connectivity index (χ4v) is 3.91. The van der Waals surface area contributed by atoms with Crippen LogP contribution in [-0.2, 0) is 4.74 Å². The minimum Gasteiger partial charge on any atom is -0.389 e. The van der Waals surface area contributed by atoms with Gasteiger partial charge >= 0.3 is 0 Å². The quantitative estimate of drug-likeness (QED) is 0.746. The molecular formula is C16H32N2O2. The molecule has 0 bridgehead atoms. The van der Waals surface area contributed by atoms with Crippen LogP contribution in [0.3, 0.4) is 0 Å². The predicted molar refractivity (Wildman–Crippen MR) is 81.9 cm³/mol. The van der Waals surface area contributed by atoms with E-state index < -0.39 is 5.60 Å². The third-order valence-electron chi connectivity index (χ3n) is 5.01. The van der Waals surface area contributed by atoms with Gasteiger partial charge in [-0.25, -0.2) is 0 Å². The first-order chi connectivity index (χ1) is 9.58. The molecule has 0 aromatic heterocycles. The van der Waals surface area contributed by atoms with Crippen molar-refractivity contribution in [2.75, 3.05) is 46.4 Å². The molecule has 118 valence electrons. The normalized spacial score (nSPS) is 25.2. The number of likely N-dealkylation sites (N-methyl/N-ethyl adjacent to an activating group) is 1. The van der Waals surface area contributed by atoms with Crippen molar-refractivity contribution in [2.24, 2.45) is 5.41 Å². The first-order valence-corrected chi connectivity index (χ1v) is 8.27. The molecule has 4 heteroatoms. The lowest BCUT2D eigenvalue weighted by Gasteiger charge is -2.41. The first-order valence-electron chi connectivity index (χ1n) is 8.27. The lowest BCUT2D eigenvalue weighted by molar-refractivity contribution is -0.0254. The van der Waals surface area contributed by atoms with Crippen molar-refractivity contribution in [3.05, 3.63) is 0 Å². The summed E-state index contributed by atoms with van der Waals surface area (Å²) < 4.78 is 5.54. The topological polar surface area (TPSA) is 44.7 Å². The average Bonchev–Trinajstić information content (AvgIpc) is 2.83. The van der Waals surface area contributed by atoms with Gasteiger partial charge in [0, 0.05) is 32.8 Å². The van der Waals surface area contributed by atoms with Crippen molar-refractivity contribution in [2.45, 2.75) is 51.0 Å². The van der Waals surface area contributed by atoms with Crippen LogP contribution in [0.5, 0.6) is 0 Å². The second-order valence-corrected chi connectivity index (χ2v) is 7.00. The highest BCUT2D eigenvalue weighted by Gasteiger charge is 2.37. The van der Waals surface area contributed by atoms with E-state index in [9.17, 15) is 5.11 Å². The van der Waals surface area contributed by atoms with Crippen molar-refractivity contribution < 1.29 is 9.84 Å². The maximum absolute atomic E-state index is 10.6. The Morgan fingerprint density at radius 3 is 2.35 bits per heavy atom. The van der Waals surface area contributed by atoms with Gasteiger partial charge in [-0.3, -0.25) is 0 Å². The third-order valence-corrected chi connectivity index (χ3v) is 5.01. The van der Waals surface area contributed by atoms with E-state index in [0.717, 1.165) is 65.1 Å². The molecule has 0 radical (unpaired) electrons. The number of hydrogen-bond acceptors (Lipinski definition) is 4. The molecule has 1 aliphatic carbocycles. The highest BCUT2D eigenvalue weighted by atomic mass is 16.5. The summed E-state index contributed by atoms with van der Waals surface area (Å²) >= 11 is 0. The molecule has 4 nitrogen and oxygen atoms in total. The van der Waals surface area contributed by atoms with Crippen LogP contribution < -0.4 is 5.32 Å². The Labute approximate surface area is 123 Å². The summed E-state index contributed by atoms with van der Waals surface area (Å²) in [5, 5.41) is 14.1. The highest BCUT2D eigenvalue weighted by molar-refractivity contribution is 4.91. The first kappa shape index (κ1) is 16.2. The Balaban J connectivity index is 1.89. The average molecular weight is 284 g/mol. The highest BCUT2D eigenvalue weighted by Crippen LogP contribution is 2.33. The van der Waals surface area contributed by atoms with Crippen molar-refractivity contribution in [3.8, 4) is 0 Å². The number of nitrogens with zero attached hydrogens (tertiary/aromatic N) is 1. The van der Waals surface area contributed by atoms with E-state index in [-0.39, 0.29) is 0 Å². The predicted octanol–water partition coefficient (Wildman–Crippen LogP) is 1.63. The van der Waals surface area contributed by atoms with Crippen LogP contribution in [0.15, 0.2) is 0 Å². The van der Waals surface area contributed by atoms with Gasteiger partial charge in [0.1, 0.15) is 0 Å². The molecule has 1 heterocycles. The molecule has 0 spiro atoms. The maximum atomic E-state index is 10.6. The summed E-state index contributed by atoms with van der Waals surface area (Å²) in [5.41, 5.74) is -0.114. The fraction of sp³-hybridized carbons (Fsp3) is 1.00. The second-order valence-electron chi connectivity index (χ2n) is 7.00. The molecule has 0 unspecified atom stereocenters. The molecule has 2 aliphatic rings. The van der Waals surface area contributed by atoms with Gasteiger partial charge in [0.15, 0.2) is 0 Å². The molecule has 2 rings (SSSR count). The summed E-state index contributed by atoms with van der Waals surface area (Å²) in [7, 11) is 2.17. The van der Waals surface area contributed by atoms with E-state index in [1.54, 1.807) is 0 Å². The monoisotopic (exact) mass is 284 g/mol. The Kier molecular flexibility index (Phi) is 5.84. The SMILES string of the molecule is CCNCC1(CN(C)CC2(O)CCCC2)CCOCC1. The standard InChI is InChI=1S/C16H32N2O2/c1-3-17-12-15(8-10-20-11-9-15)13-18(2)14-16(19)6-4-5-7-16/h17,19H,3-14H2,1-2H3. The van der Waals surface area contributed by atoms with Crippen LogP contribution in [0.4, 0.5) is 0 Å². The van der Waals surface area contributed by atoms with Gasteiger partial charge in [0.2, 0.25) is 0 Å². The smallest absolute Gasteiger partial charge is 0.0774 e. The van der Waals surface area contributed by atoms with E-state index >= 15 is 0 Å². The molecular weight excluding hydrogens is 252 g/mol. The number of rotatable bonds is 7. The van der Waals surface area contributed by atoms with Gasteiger partial charge < -0.3 is 20.1 Å². The second kappa shape index (κ2) is 7.21. The van der Waals surface area contributed by atoms with Gasteiger partial charge in [-0.2, -0.15) is 0 Å². The van der Waals surface area contributed by atoms with Crippen LogP contribution in [0.25, 0.3) is 0 Å². The summed E-state index contributed by atoms with van der Waals surface area (Å²) in [4.78, 5) is 2.36. The summed E-state index contributed by atoms with van der Waals surface area (Å²) in [6, 6.07) is 0. The van der Waals surface area contributed by atoms with Crippen LogP contribution in [0.1, 0.15) is 45.4 Å². The van der Waals surface area contributed by atoms with E-state index in [1.165, 1.54) is 12.8 Å². The number of nitrogens with one attached hydrogen (secondary N) is 1. The van der Waals surface area contributed by atoms with E-state index in [2.05, 4.69) is 24.2 Å². The van der Waals surface area contributed by atoms with Crippen molar-refractivity contribution in [1.82, 2.24) is 10.2 Å². The van der Waals surface area contributed by atoms with Crippen molar-refractivity contribution in [1.29, 1.82) is 0 Å². The van der Waals surface area contributed by atoms with E-state index in [0.29, 0.717) is 5.41 Å². The fourth-order valence-electron chi connectivity index (χ4n) is 3.91. The van der Waals surface area contributed by atoms with Gasteiger partial charge in [-0.1, -0.05) is 19.8 Å². The van der Waals surface area contributed by atoms with Crippen LogP contribution in [0, 0.1) is 5.41 Å². The number of aliphatic hydroxyl groups is 1. The maximum Gasteiger partial charge on any atom is 0.0774 e. The molecule has 0 aromatic rings. The zero-order valence-corrected chi connectivity index (χ0v) is 13.3. The molecule has 20 heavy (non-hydrogen) atoms. The Morgan fingerprint density at radius 1 is 1.10 bits per heavy atom. The van der Waals surface area contributed by atoms with Crippen LogP contribution in [-0.4, -0.2) is 62.0 Å². The van der Waals surface area contributed by atoms with Gasteiger partial charge in [-0.05, 0) is 44.7 Å². The summed E-state index contributed by atoms with van der Waals surface area (Å²) in [6.07, 6.45) is 6.56. The van der Waals surface area contributed by atoms with Gasteiger partial charge in [0.05, 0.1) is 5.60 Å². The Hall–Kier alpha value is -0.160.